The maximum atomic E-state index is 13.7. The van der Waals surface area contributed by atoms with E-state index in [1.807, 2.05) is 24.9 Å². The van der Waals surface area contributed by atoms with Gasteiger partial charge in [0, 0.05) is 19.5 Å². The Morgan fingerprint density at radius 3 is 2.62 bits per heavy atom. The third-order valence-electron chi connectivity index (χ3n) is 4.17. The van der Waals surface area contributed by atoms with Crippen LogP contribution >= 0.6 is 12.4 Å². The standard InChI is InChI=1S/C16H23FN2O.ClH/c1-12(14-5-3-4-6-15(14)17)11-16(20)19(2)13-7-9-18-10-8-13;/h3-6,12-13,18H,7-11H2,1-2H3;1H. The van der Waals surface area contributed by atoms with Crippen molar-refractivity contribution < 1.29 is 9.18 Å². The molecule has 0 bridgehead atoms. The Morgan fingerprint density at radius 2 is 2.00 bits per heavy atom. The number of piperidine rings is 1. The zero-order valence-electron chi connectivity index (χ0n) is 12.6. The molecule has 0 aliphatic carbocycles. The van der Waals surface area contributed by atoms with Gasteiger partial charge in [0.25, 0.3) is 0 Å². The van der Waals surface area contributed by atoms with Gasteiger partial charge < -0.3 is 10.2 Å². The van der Waals surface area contributed by atoms with Gasteiger partial charge in [0.1, 0.15) is 5.82 Å². The van der Waals surface area contributed by atoms with Crippen molar-refractivity contribution in [1.29, 1.82) is 0 Å². The maximum Gasteiger partial charge on any atom is 0.223 e. The molecule has 5 heteroatoms. The lowest BCUT2D eigenvalue weighted by molar-refractivity contribution is -0.132. The van der Waals surface area contributed by atoms with Gasteiger partial charge in [-0.3, -0.25) is 4.79 Å². The highest BCUT2D eigenvalue weighted by Crippen LogP contribution is 2.23. The summed E-state index contributed by atoms with van der Waals surface area (Å²) in [4.78, 5) is 14.2. The van der Waals surface area contributed by atoms with Crippen molar-refractivity contribution in [1.82, 2.24) is 10.2 Å². The molecule has 21 heavy (non-hydrogen) atoms. The average molecular weight is 315 g/mol. The van der Waals surface area contributed by atoms with Gasteiger partial charge in [-0.15, -0.1) is 12.4 Å². The van der Waals surface area contributed by atoms with Gasteiger partial charge in [-0.1, -0.05) is 25.1 Å². The van der Waals surface area contributed by atoms with Crippen molar-refractivity contribution in [2.24, 2.45) is 0 Å². The molecule has 0 spiro atoms. The largest absolute Gasteiger partial charge is 0.343 e. The molecule has 1 atom stereocenters. The SMILES string of the molecule is CC(CC(=O)N(C)C1CCNCC1)c1ccccc1F.Cl. The number of rotatable bonds is 4. The summed E-state index contributed by atoms with van der Waals surface area (Å²) in [6, 6.07) is 7.02. The number of halogens is 2. The quantitative estimate of drug-likeness (QED) is 0.926. The minimum Gasteiger partial charge on any atom is -0.343 e. The van der Waals surface area contributed by atoms with Gasteiger partial charge in [-0.25, -0.2) is 4.39 Å². The molecular weight excluding hydrogens is 291 g/mol. The van der Waals surface area contributed by atoms with Gasteiger partial charge in [0.05, 0.1) is 0 Å². The summed E-state index contributed by atoms with van der Waals surface area (Å²) in [6.07, 6.45) is 2.36. The van der Waals surface area contributed by atoms with Crippen LogP contribution in [0.5, 0.6) is 0 Å². The highest BCUT2D eigenvalue weighted by atomic mass is 35.5. The van der Waals surface area contributed by atoms with E-state index in [1.165, 1.54) is 6.07 Å². The normalized spacial score (nSPS) is 16.9. The molecule has 1 unspecified atom stereocenters. The number of hydrogen-bond acceptors (Lipinski definition) is 2. The lowest BCUT2D eigenvalue weighted by Gasteiger charge is -2.32. The molecule has 1 heterocycles. The van der Waals surface area contributed by atoms with Crippen molar-refractivity contribution in [3.8, 4) is 0 Å². The maximum absolute atomic E-state index is 13.7. The van der Waals surface area contributed by atoms with Crippen LogP contribution in [0.25, 0.3) is 0 Å². The first-order chi connectivity index (χ1) is 9.59. The van der Waals surface area contributed by atoms with Crippen molar-refractivity contribution in [3.05, 3.63) is 35.6 Å². The third kappa shape index (κ3) is 4.68. The Balaban J connectivity index is 0.00000220. The van der Waals surface area contributed by atoms with Crippen LogP contribution in [0.3, 0.4) is 0 Å². The first kappa shape index (κ1) is 17.9. The van der Waals surface area contributed by atoms with Crippen LogP contribution in [0, 0.1) is 5.82 Å². The second-order valence-electron chi connectivity index (χ2n) is 5.61. The molecule has 0 radical (unpaired) electrons. The van der Waals surface area contributed by atoms with Crippen molar-refractivity contribution in [2.75, 3.05) is 20.1 Å². The molecule has 0 aromatic heterocycles. The molecule has 1 amide bonds. The van der Waals surface area contributed by atoms with Crippen LogP contribution in [-0.4, -0.2) is 37.0 Å². The minimum atomic E-state index is -0.225. The molecule has 1 aromatic carbocycles. The predicted molar refractivity (Wildman–Crippen MR) is 85.3 cm³/mol. The highest BCUT2D eigenvalue weighted by molar-refractivity contribution is 5.85. The zero-order chi connectivity index (χ0) is 14.5. The summed E-state index contributed by atoms with van der Waals surface area (Å²) in [5, 5.41) is 3.30. The van der Waals surface area contributed by atoms with Gasteiger partial charge in [0.2, 0.25) is 5.91 Å². The first-order valence-electron chi connectivity index (χ1n) is 7.30. The van der Waals surface area contributed by atoms with E-state index in [0.29, 0.717) is 18.0 Å². The number of carbonyl (C=O) groups is 1. The number of benzene rings is 1. The summed E-state index contributed by atoms with van der Waals surface area (Å²) in [7, 11) is 1.87. The molecular formula is C16H24ClFN2O. The number of carbonyl (C=O) groups excluding carboxylic acids is 1. The molecule has 3 nitrogen and oxygen atoms in total. The third-order valence-corrected chi connectivity index (χ3v) is 4.17. The molecule has 1 aliphatic heterocycles. The minimum absolute atomic E-state index is 0. The predicted octanol–water partition coefficient (Wildman–Crippen LogP) is 2.95. The van der Waals surface area contributed by atoms with E-state index in [4.69, 9.17) is 0 Å². The van der Waals surface area contributed by atoms with Crippen LogP contribution in [-0.2, 0) is 4.79 Å². The van der Waals surface area contributed by atoms with Gasteiger partial charge in [-0.05, 0) is 43.5 Å². The van der Waals surface area contributed by atoms with Gasteiger partial charge in [0.15, 0.2) is 0 Å². The van der Waals surface area contributed by atoms with Gasteiger partial charge >= 0.3 is 0 Å². The zero-order valence-corrected chi connectivity index (χ0v) is 13.5. The smallest absolute Gasteiger partial charge is 0.223 e. The van der Waals surface area contributed by atoms with E-state index in [0.717, 1.165) is 25.9 Å². The molecule has 1 fully saturated rings. The second-order valence-corrected chi connectivity index (χ2v) is 5.61. The van der Waals surface area contributed by atoms with E-state index >= 15 is 0 Å². The van der Waals surface area contributed by atoms with Gasteiger partial charge in [-0.2, -0.15) is 0 Å². The van der Waals surface area contributed by atoms with E-state index in [9.17, 15) is 9.18 Å². The summed E-state index contributed by atoms with van der Waals surface area (Å²) in [5.74, 6) is -0.210. The number of nitrogens with zero attached hydrogens (tertiary/aromatic N) is 1. The van der Waals surface area contributed by atoms with E-state index in [-0.39, 0.29) is 30.0 Å². The molecule has 2 rings (SSSR count). The summed E-state index contributed by atoms with van der Waals surface area (Å²) in [6.45, 7) is 3.84. The molecule has 1 N–H and O–H groups in total. The van der Waals surface area contributed by atoms with Crippen LogP contribution in [0.1, 0.15) is 37.7 Å². The average Bonchev–Trinajstić information content (AvgIpc) is 2.47. The number of nitrogens with one attached hydrogen (secondary N) is 1. The summed E-state index contributed by atoms with van der Waals surface area (Å²) >= 11 is 0. The van der Waals surface area contributed by atoms with Crippen molar-refractivity contribution in [3.63, 3.8) is 0 Å². The lowest BCUT2D eigenvalue weighted by atomic mass is 9.96. The molecule has 1 aromatic rings. The topological polar surface area (TPSA) is 32.3 Å². The van der Waals surface area contributed by atoms with E-state index in [1.54, 1.807) is 12.1 Å². The highest BCUT2D eigenvalue weighted by Gasteiger charge is 2.24. The Bertz CT molecular complexity index is 463. The summed E-state index contributed by atoms with van der Waals surface area (Å²) in [5.41, 5.74) is 0.625. The van der Waals surface area contributed by atoms with Crippen molar-refractivity contribution in [2.45, 2.75) is 38.1 Å². The molecule has 118 valence electrons. The first-order valence-corrected chi connectivity index (χ1v) is 7.30. The van der Waals surface area contributed by atoms with Crippen LogP contribution in [0.15, 0.2) is 24.3 Å². The fraction of sp³-hybridized carbons (Fsp3) is 0.562. The molecule has 0 saturated carbocycles. The Labute approximate surface area is 132 Å². The van der Waals surface area contributed by atoms with E-state index in [2.05, 4.69) is 5.32 Å². The second kappa shape index (κ2) is 8.35. The van der Waals surface area contributed by atoms with Crippen LogP contribution in [0.2, 0.25) is 0 Å². The lowest BCUT2D eigenvalue weighted by Crippen LogP contribution is -2.44. The van der Waals surface area contributed by atoms with Crippen molar-refractivity contribution >= 4 is 18.3 Å². The summed E-state index contributed by atoms with van der Waals surface area (Å²) < 4.78 is 13.7. The molecule has 1 aliphatic rings. The Morgan fingerprint density at radius 1 is 1.38 bits per heavy atom. The molecule has 1 saturated heterocycles. The fourth-order valence-electron chi connectivity index (χ4n) is 2.79. The van der Waals surface area contributed by atoms with Crippen LogP contribution in [0.4, 0.5) is 4.39 Å². The Hall–Kier alpha value is -1.13. The van der Waals surface area contributed by atoms with E-state index < -0.39 is 0 Å². The number of amides is 1. The Kier molecular flexibility index (Phi) is 7.12. The monoisotopic (exact) mass is 314 g/mol. The number of hydrogen-bond donors (Lipinski definition) is 1. The fourth-order valence-corrected chi connectivity index (χ4v) is 2.79. The van der Waals surface area contributed by atoms with Crippen LogP contribution < -0.4 is 5.32 Å².